The Hall–Kier alpha value is -1.16. The molecule has 1 aromatic rings. The van der Waals surface area contributed by atoms with E-state index in [0.717, 1.165) is 18.7 Å². The number of aromatic nitrogens is 2. The van der Waals surface area contributed by atoms with Crippen LogP contribution in [0, 0.1) is 0 Å². The van der Waals surface area contributed by atoms with Crippen molar-refractivity contribution in [1.82, 2.24) is 9.97 Å². The van der Waals surface area contributed by atoms with Gasteiger partial charge in [0, 0.05) is 18.4 Å². The molecule has 1 aliphatic carbocycles. The van der Waals surface area contributed by atoms with Crippen molar-refractivity contribution < 1.29 is 4.74 Å². The Morgan fingerprint density at radius 3 is 2.78 bits per heavy atom. The molecule has 0 bridgehead atoms. The molecule has 0 aliphatic heterocycles. The average Bonchev–Trinajstić information content (AvgIpc) is 2.54. The monoisotopic (exact) mass is 249 g/mol. The number of hydrogen-bond acceptors (Lipinski definition) is 4. The minimum atomic E-state index is -0.108. The minimum Gasteiger partial charge on any atom is -0.382 e. The van der Waals surface area contributed by atoms with Crippen molar-refractivity contribution >= 4 is 5.82 Å². The first kappa shape index (κ1) is 13.3. The van der Waals surface area contributed by atoms with Crippen molar-refractivity contribution in [3.63, 3.8) is 0 Å². The van der Waals surface area contributed by atoms with Crippen molar-refractivity contribution in [2.24, 2.45) is 0 Å². The van der Waals surface area contributed by atoms with E-state index in [2.05, 4.69) is 29.1 Å². The van der Waals surface area contributed by atoms with Gasteiger partial charge in [-0.3, -0.25) is 0 Å². The van der Waals surface area contributed by atoms with E-state index in [-0.39, 0.29) is 5.54 Å². The maximum absolute atomic E-state index is 5.24. The SMILES string of the molecule is COCC(C)(C)Nc1ncnc2c1CCCCC2. The van der Waals surface area contributed by atoms with Gasteiger partial charge in [0.2, 0.25) is 0 Å². The summed E-state index contributed by atoms with van der Waals surface area (Å²) < 4.78 is 5.24. The number of nitrogens with one attached hydrogen (secondary N) is 1. The second kappa shape index (κ2) is 5.65. The fourth-order valence-electron chi connectivity index (χ4n) is 2.52. The summed E-state index contributed by atoms with van der Waals surface area (Å²) in [5.74, 6) is 0.990. The number of anilines is 1. The van der Waals surface area contributed by atoms with E-state index in [1.54, 1.807) is 13.4 Å². The lowest BCUT2D eigenvalue weighted by Crippen LogP contribution is -2.36. The fraction of sp³-hybridized carbons (Fsp3) is 0.714. The fourth-order valence-corrected chi connectivity index (χ4v) is 2.52. The van der Waals surface area contributed by atoms with Crippen molar-refractivity contribution in [3.05, 3.63) is 17.6 Å². The summed E-state index contributed by atoms with van der Waals surface area (Å²) in [7, 11) is 1.73. The molecule has 100 valence electrons. The third-order valence-electron chi connectivity index (χ3n) is 3.34. The Morgan fingerprint density at radius 2 is 2.00 bits per heavy atom. The Labute approximate surface area is 109 Å². The first-order valence-corrected chi connectivity index (χ1v) is 6.72. The lowest BCUT2D eigenvalue weighted by Gasteiger charge is -2.27. The highest BCUT2D eigenvalue weighted by Gasteiger charge is 2.21. The van der Waals surface area contributed by atoms with E-state index in [9.17, 15) is 0 Å². The highest BCUT2D eigenvalue weighted by Crippen LogP contribution is 2.25. The zero-order valence-corrected chi connectivity index (χ0v) is 11.6. The Morgan fingerprint density at radius 1 is 1.22 bits per heavy atom. The van der Waals surface area contributed by atoms with Crippen LogP contribution in [0.5, 0.6) is 0 Å². The van der Waals surface area contributed by atoms with Gasteiger partial charge in [-0.1, -0.05) is 6.42 Å². The molecule has 0 fully saturated rings. The van der Waals surface area contributed by atoms with Crippen LogP contribution in [0.4, 0.5) is 5.82 Å². The molecule has 1 heterocycles. The van der Waals surface area contributed by atoms with E-state index in [4.69, 9.17) is 4.74 Å². The summed E-state index contributed by atoms with van der Waals surface area (Å²) in [6, 6.07) is 0. The van der Waals surface area contributed by atoms with Crippen LogP contribution in [-0.2, 0) is 17.6 Å². The van der Waals surface area contributed by atoms with Gasteiger partial charge in [0.1, 0.15) is 12.1 Å². The highest BCUT2D eigenvalue weighted by atomic mass is 16.5. The predicted molar refractivity (Wildman–Crippen MR) is 72.9 cm³/mol. The molecule has 0 aromatic carbocycles. The van der Waals surface area contributed by atoms with Crippen LogP contribution in [0.1, 0.15) is 44.4 Å². The molecular weight excluding hydrogens is 226 g/mol. The molecule has 0 spiro atoms. The molecule has 1 aromatic heterocycles. The van der Waals surface area contributed by atoms with Gasteiger partial charge >= 0.3 is 0 Å². The Balaban J connectivity index is 2.23. The van der Waals surface area contributed by atoms with Crippen molar-refractivity contribution in [1.29, 1.82) is 0 Å². The van der Waals surface area contributed by atoms with Crippen LogP contribution in [0.25, 0.3) is 0 Å². The van der Waals surface area contributed by atoms with Crippen LogP contribution < -0.4 is 5.32 Å². The summed E-state index contributed by atoms with van der Waals surface area (Å²) in [6.07, 6.45) is 7.61. The van der Waals surface area contributed by atoms with Crippen LogP contribution in [0.15, 0.2) is 6.33 Å². The predicted octanol–water partition coefficient (Wildman–Crippen LogP) is 2.58. The van der Waals surface area contributed by atoms with Gasteiger partial charge in [-0.25, -0.2) is 9.97 Å². The molecule has 18 heavy (non-hydrogen) atoms. The average molecular weight is 249 g/mol. The molecule has 0 radical (unpaired) electrons. The van der Waals surface area contributed by atoms with E-state index in [1.807, 2.05) is 0 Å². The largest absolute Gasteiger partial charge is 0.382 e. The molecular formula is C14H23N3O. The Kier molecular flexibility index (Phi) is 4.17. The number of fused-ring (bicyclic) bond motifs is 1. The van der Waals surface area contributed by atoms with Gasteiger partial charge < -0.3 is 10.1 Å². The van der Waals surface area contributed by atoms with Crippen molar-refractivity contribution in [2.45, 2.75) is 51.5 Å². The molecule has 2 rings (SSSR count). The number of methoxy groups -OCH3 is 1. The lowest BCUT2D eigenvalue weighted by molar-refractivity contribution is 0.158. The number of ether oxygens (including phenoxy) is 1. The van der Waals surface area contributed by atoms with E-state index in [0.29, 0.717) is 6.61 Å². The number of nitrogens with zero attached hydrogens (tertiary/aromatic N) is 2. The molecule has 1 N–H and O–H groups in total. The van der Waals surface area contributed by atoms with Gasteiger partial charge in [-0.2, -0.15) is 0 Å². The zero-order chi connectivity index (χ0) is 13.0. The third kappa shape index (κ3) is 3.19. The summed E-state index contributed by atoms with van der Waals surface area (Å²) >= 11 is 0. The summed E-state index contributed by atoms with van der Waals surface area (Å²) in [5, 5.41) is 3.50. The summed E-state index contributed by atoms with van der Waals surface area (Å²) in [6.45, 7) is 4.91. The molecule has 0 unspecified atom stereocenters. The van der Waals surface area contributed by atoms with Gasteiger partial charge in [-0.05, 0) is 39.5 Å². The molecule has 1 aliphatic rings. The summed E-state index contributed by atoms with van der Waals surface area (Å²) in [5.41, 5.74) is 2.42. The summed E-state index contributed by atoms with van der Waals surface area (Å²) in [4.78, 5) is 8.86. The second-order valence-electron chi connectivity index (χ2n) is 5.65. The topological polar surface area (TPSA) is 47.0 Å². The maximum atomic E-state index is 5.24. The normalized spacial score (nSPS) is 15.9. The smallest absolute Gasteiger partial charge is 0.133 e. The van der Waals surface area contributed by atoms with Gasteiger partial charge in [-0.15, -0.1) is 0 Å². The zero-order valence-electron chi connectivity index (χ0n) is 11.6. The number of rotatable bonds is 4. The van der Waals surface area contributed by atoms with Gasteiger partial charge in [0.25, 0.3) is 0 Å². The molecule has 0 saturated carbocycles. The van der Waals surface area contributed by atoms with Crippen molar-refractivity contribution in [3.8, 4) is 0 Å². The molecule has 4 heteroatoms. The molecule has 0 atom stereocenters. The third-order valence-corrected chi connectivity index (χ3v) is 3.34. The Bertz CT molecular complexity index is 404. The minimum absolute atomic E-state index is 0.108. The van der Waals surface area contributed by atoms with E-state index < -0.39 is 0 Å². The van der Waals surface area contributed by atoms with Crippen LogP contribution >= 0.6 is 0 Å². The standard InChI is InChI=1S/C14H23N3O/c1-14(2,9-18-3)17-13-11-7-5-4-6-8-12(11)15-10-16-13/h10H,4-9H2,1-3H3,(H,15,16,17). The maximum Gasteiger partial charge on any atom is 0.133 e. The molecule has 4 nitrogen and oxygen atoms in total. The number of aryl methyl sites for hydroxylation is 1. The van der Waals surface area contributed by atoms with Crippen molar-refractivity contribution in [2.75, 3.05) is 19.0 Å². The molecule has 0 saturated heterocycles. The lowest BCUT2D eigenvalue weighted by atomic mass is 10.0. The van der Waals surface area contributed by atoms with Crippen LogP contribution in [0.3, 0.4) is 0 Å². The van der Waals surface area contributed by atoms with E-state index >= 15 is 0 Å². The second-order valence-corrected chi connectivity index (χ2v) is 5.65. The quantitative estimate of drug-likeness (QED) is 0.833. The first-order valence-electron chi connectivity index (χ1n) is 6.72. The van der Waals surface area contributed by atoms with Gasteiger partial charge in [0.05, 0.1) is 12.1 Å². The van der Waals surface area contributed by atoms with Gasteiger partial charge in [0.15, 0.2) is 0 Å². The van der Waals surface area contributed by atoms with Crippen LogP contribution in [-0.4, -0.2) is 29.2 Å². The van der Waals surface area contributed by atoms with E-state index in [1.165, 1.54) is 30.5 Å². The molecule has 0 amide bonds. The van der Waals surface area contributed by atoms with Crippen LogP contribution in [0.2, 0.25) is 0 Å². The first-order chi connectivity index (χ1) is 8.62. The highest BCUT2D eigenvalue weighted by molar-refractivity contribution is 5.48. The number of hydrogen-bond donors (Lipinski definition) is 1.